The lowest BCUT2D eigenvalue weighted by atomic mass is 10.1. The van der Waals surface area contributed by atoms with Crippen LogP contribution in [0.2, 0.25) is 0 Å². The van der Waals surface area contributed by atoms with Crippen molar-refractivity contribution in [2.75, 3.05) is 0 Å². The summed E-state index contributed by atoms with van der Waals surface area (Å²) >= 11 is 0. The zero-order valence-electron chi connectivity index (χ0n) is 14.3. The van der Waals surface area contributed by atoms with E-state index < -0.39 is 5.97 Å². The Kier molecular flexibility index (Phi) is 16.7. The van der Waals surface area contributed by atoms with E-state index in [-0.39, 0.29) is 0 Å². The van der Waals surface area contributed by atoms with Gasteiger partial charge >= 0.3 is 5.97 Å². The number of carboxylic acids is 1. The van der Waals surface area contributed by atoms with Crippen LogP contribution in [0.3, 0.4) is 0 Å². The van der Waals surface area contributed by atoms with Gasteiger partial charge in [0.25, 0.3) is 0 Å². The minimum Gasteiger partial charge on any atom is -0.481 e. The molecule has 126 valence electrons. The van der Waals surface area contributed by atoms with E-state index in [1.807, 2.05) is 0 Å². The smallest absolute Gasteiger partial charge is 0.303 e. The average molecular weight is 306 g/mol. The minimum atomic E-state index is -0.684. The molecule has 0 unspecified atom stereocenters. The summed E-state index contributed by atoms with van der Waals surface area (Å²) in [5, 5.41) is 8.51. The van der Waals surface area contributed by atoms with E-state index in [0.717, 1.165) is 44.9 Å². The summed E-state index contributed by atoms with van der Waals surface area (Å²) in [6.07, 6.45) is 26.3. The van der Waals surface area contributed by atoms with Crippen molar-refractivity contribution >= 4 is 5.97 Å². The molecule has 1 N–H and O–H groups in total. The third-order valence-corrected chi connectivity index (χ3v) is 3.51. The molecule has 0 bridgehead atoms. The van der Waals surface area contributed by atoms with E-state index in [1.54, 1.807) is 0 Å². The molecule has 0 aromatic rings. The first-order chi connectivity index (χ1) is 10.8. The first-order valence-electron chi connectivity index (χ1n) is 8.94. The van der Waals surface area contributed by atoms with E-state index in [4.69, 9.17) is 5.11 Å². The summed E-state index contributed by atoms with van der Waals surface area (Å²) in [5.74, 6) is -0.684. The van der Waals surface area contributed by atoms with Crippen LogP contribution >= 0.6 is 0 Å². The van der Waals surface area contributed by atoms with Crippen molar-refractivity contribution < 1.29 is 9.90 Å². The lowest BCUT2D eigenvalue weighted by Gasteiger charge is -1.94. The molecule has 0 spiro atoms. The van der Waals surface area contributed by atoms with E-state index in [1.165, 1.54) is 25.7 Å². The third-order valence-electron chi connectivity index (χ3n) is 3.51. The summed E-state index contributed by atoms with van der Waals surface area (Å²) in [6.45, 7) is 2.24. The van der Waals surface area contributed by atoms with Crippen LogP contribution in [0.4, 0.5) is 0 Å². The van der Waals surface area contributed by atoms with Crippen molar-refractivity contribution in [3.8, 4) is 0 Å². The van der Waals surface area contributed by atoms with E-state index >= 15 is 0 Å². The van der Waals surface area contributed by atoms with Crippen molar-refractivity contribution in [1.29, 1.82) is 0 Å². The average Bonchev–Trinajstić information content (AvgIpc) is 2.50. The van der Waals surface area contributed by atoms with Gasteiger partial charge in [-0.1, -0.05) is 62.6 Å². The van der Waals surface area contributed by atoms with Gasteiger partial charge in [0.1, 0.15) is 0 Å². The summed E-state index contributed by atoms with van der Waals surface area (Å²) in [4.78, 5) is 10.3. The van der Waals surface area contributed by atoms with E-state index in [9.17, 15) is 4.79 Å². The van der Waals surface area contributed by atoms with Crippen LogP contribution in [-0.4, -0.2) is 11.1 Å². The Bertz CT molecular complexity index is 327. The van der Waals surface area contributed by atoms with Gasteiger partial charge in [-0.05, 0) is 51.4 Å². The van der Waals surface area contributed by atoms with Gasteiger partial charge in [-0.25, -0.2) is 0 Å². The molecule has 0 saturated heterocycles. The number of hydrogen-bond donors (Lipinski definition) is 1. The second-order valence-electron chi connectivity index (χ2n) is 5.72. The highest BCUT2D eigenvalue weighted by atomic mass is 16.4. The van der Waals surface area contributed by atoms with Crippen LogP contribution in [0, 0.1) is 0 Å². The maximum absolute atomic E-state index is 10.3. The predicted octanol–water partition coefficient (Wildman–Crippen LogP) is 6.44. The van der Waals surface area contributed by atoms with Crippen molar-refractivity contribution in [3.63, 3.8) is 0 Å². The fraction of sp³-hybridized carbons (Fsp3) is 0.650. The van der Waals surface area contributed by atoms with Gasteiger partial charge in [-0.3, -0.25) is 4.79 Å². The monoisotopic (exact) mass is 306 g/mol. The molecule has 0 aliphatic rings. The lowest BCUT2D eigenvalue weighted by molar-refractivity contribution is -0.137. The van der Waals surface area contributed by atoms with Gasteiger partial charge in [0.05, 0.1) is 0 Å². The third kappa shape index (κ3) is 18.7. The van der Waals surface area contributed by atoms with Crippen molar-refractivity contribution in [3.05, 3.63) is 36.5 Å². The first-order valence-corrected chi connectivity index (χ1v) is 8.94. The molecule has 2 nitrogen and oxygen atoms in total. The Morgan fingerprint density at radius 2 is 1.27 bits per heavy atom. The second-order valence-corrected chi connectivity index (χ2v) is 5.72. The van der Waals surface area contributed by atoms with Crippen LogP contribution in [0.15, 0.2) is 36.5 Å². The molecular formula is C20H34O2. The van der Waals surface area contributed by atoms with Crippen molar-refractivity contribution in [2.24, 2.45) is 0 Å². The maximum atomic E-state index is 10.3. The molecule has 0 heterocycles. The zero-order valence-corrected chi connectivity index (χ0v) is 14.3. The molecule has 0 saturated carbocycles. The molecule has 0 fully saturated rings. The van der Waals surface area contributed by atoms with Gasteiger partial charge in [0.15, 0.2) is 0 Å². The molecular weight excluding hydrogens is 272 g/mol. The fourth-order valence-electron chi connectivity index (χ4n) is 2.16. The Morgan fingerprint density at radius 1 is 0.727 bits per heavy atom. The van der Waals surface area contributed by atoms with Gasteiger partial charge in [-0.15, -0.1) is 0 Å². The summed E-state index contributed by atoms with van der Waals surface area (Å²) < 4.78 is 0. The van der Waals surface area contributed by atoms with Crippen LogP contribution in [0.1, 0.15) is 84.0 Å². The number of unbranched alkanes of at least 4 members (excludes halogenated alkanes) is 7. The Labute approximate surface area is 137 Å². The molecule has 0 amide bonds. The summed E-state index contributed by atoms with van der Waals surface area (Å²) in [6, 6.07) is 0. The van der Waals surface area contributed by atoms with E-state index in [0.29, 0.717) is 6.42 Å². The van der Waals surface area contributed by atoms with Crippen LogP contribution in [-0.2, 0) is 4.79 Å². The maximum Gasteiger partial charge on any atom is 0.303 e. The van der Waals surface area contributed by atoms with Crippen molar-refractivity contribution in [2.45, 2.75) is 84.0 Å². The highest BCUT2D eigenvalue weighted by molar-refractivity contribution is 5.66. The molecule has 0 aliphatic carbocycles. The van der Waals surface area contributed by atoms with Crippen molar-refractivity contribution in [1.82, 2.24) is 0 Å². The van der Waals surface area contributed by atoms with E-state index in [2.05, 4.69) is 43.4 Å². The molecule has 0 rings (SSSR count). The van der Waals surface area contributed by atoms with Crippen LogP contribution in [0.5, 0.6) is 0 Å². The fourth-order valence-corrected chi connectivity index (χ4v) is 2.16. The van der Waals surface area contributed by atoms with Gasteiger partial charge in [0.2, 0.25) is 0 Å². The molecule has 0 radical (unpaired) electrons. The lowest BCUT2D eigenvalue weighted by Crippen LogP contribution is -1.93. The Balaban J connectivity index is 3.28. The number of carboxylic acid groups (broad SMARTS) is 1. The normalized spacial score (nSPS) is 12.0. The second kappa shape index (κ2) is 17.7. The Hall–Kier alpha value is -1.31. The summed E-state index contributed by atoms with van der Waals surface area (Å²) in [7, 11) is 0. The standard InChI is InChI=1S/C20H34O2/c1-2-3-4-5-6-7-8-9-10-11-12-13-14-15-16-17-18-19-20(21)22/h6-7,10-11,13-14H,2-5,8-9,12,15-19H2,1H3,(H,21,22). The number of carbonyl (C=O) groups is 1. The van der Waals surface area contributed by atoms with Gasteiger partial charge in [0, 0.05) is 6.42 Å². The SMILES string of the molecule is CCCCCC=CCCC=CCC=CCCCCCC(=O)O. The first kappa shape index (κ1) is 20.7. The number of allylic oxidation sites excluding steroid dienone is 6. The molecule has 0 atom stereocenters. The Morgan fingerprint density at radius 3 is 1.91 bits per heavy atom. The van der Waals surface area contributed by atoms with Gasteiger partial charge in [-0.2, -0.15) is 0 Å². The molecule has 0 aliphatic heterocycles. The highest BCUT2D eigenvalue weighted by Crippen LogP contribution is 2.04. The van der Waals surface area contributed by atoms with Crippen LogP contribution in [0.25, 0.3) is 0 Å². The number of hydrogen-bond acceptors (Lipinski definition) is 1. The molecule has 0 aromatic heterocycles. The highest BCUT2D eigenvalue weighted by Gasteiger charge is 1.94. The van der Waals surface area contributed by atoms with Gasteiger partial charge < -0.3 is 5.11 Å². The summed E-state index contributed by atoms with van der Waals surface area (Å²) in [5.41, 5.74) is 0. The zero-order chi connectivity index (χ0) is 16.3. The number of aliphatic carboxylic acids is 1. The molecule has 22 heavy (non-hydrogen) atoms. The quantitative estimate of drug-likeness (QED) is 0.279. The number of rotatable bonds is 15. The predicted molar refractivity (Wildman–Crippen MR) is 96.1 cm³/mol. The topological polar surface area (TPSA) is 37.3 Å². The molecule has 2 heteroatoms. The molecule has 0 aromatic carbocycles. The van der Waals surface area contributed by atoms with Crippen LogP contribution < -0.4 is 0 Å². The largest absolute Gasteiger partial charge is 0.481 e. The minimum absolute atomic E-state index is 0.305.